The normalized spacial score (nSPS) is 33.9. The van der Waals surface area contributed by atoms with E-state index in [-0.39, 0.29) is 0 Å². The second kappa shape index (κ2) is 4.15. The third-order valence-electron chi connectivity index (χ3n) is 4.10. The van der Waals surface area contributed by atoms with Crippen molar-refractivity contribution in [1.82, 2.24) is 0 Å². The molecule has 1 nitrogen and oxygen atoms in total. The lowest BCUT2D eigenvalue weighted by Crippen LogP contribution is -2.45. The van der Waals surface area contributed by atoms with Gasteiger partial charge in [-0.1, -0.05) is 20.8 Å². The van der Waals surface area contributed by atoms with Gasteiger partial charge < -0.3 is 5.11 Å². The highest BCUT2D eigenvalue weighted by Crippen LogP contribution is 2.45. The Kier molecular flexibility index (Phi) is 3.15. The molecule has 0 aromatic carbocycles. The lowest BCUT2D eigenvalue weighted by molar-refractivity contribution is -0.0703. The van der Waals surface area contributed by atoms with Crippen LogP contribution in [0.3, 0.4) is 0 Å². The van der Waals surface area contributed by atoms with Crippen molar-refractivity contribution < 1.29 is 5.11 Å². The highest BCUT2D eigenvalue weighted by molar-refractivity contribution is 7.07. The fraction of sp³-hybridized carbons (Fsp3) is 0.714. The Balaban J connectivity index is 2.08. The van der Waals surface area contributed by atoms with Crippen LogP contribution in [-0.4, -0.2) is 10.7 Å². The smallest absolute Gasteiger partial charge is 0.0714 e. The predicted octanol–water partition coefficient (Wildman–Crippen LogP) is 3.87. The summed E-state index contributed by atoms with van der Waals surface area (Å²) in [6.45, 7) is 6.83. The minimum absolute atomic E-state index is 0.399. The van der Waals surface area contributed by atoms with E-state index in [1.165, 1.54) is 5.56 Å². The van der Waals surface area contributed by atoms with Crippen LogP contribution in [0.25, 0.3) is 0 Å². The summed E-state index contributed by atoms with van der Waals surface area (Å²) in [6.07, 6.45) is 4.04. The van der Waals surface area contributed by atoms with Crippen LogP contribution in [0.2, 0.25) is 0 Å². The lowest BCUT2D eigenvalue weighted by atomic mass is 9.64. The Morgan fingerprint density at radius 2 is 2.19 bits per heavy atom. The van der Waals surface area contributed by atoms with E-state index >= 15 is 0 Å². The first kappa shape index (κ1) is 12.1. The van der Waals surface area contributed by atoms with Crippen molar-refractivity contribution in [2.24, 2.45) is 11.3 Å². The Labute approximate surface area is 103 Å². The highest BCUT2D eigenvalue weighted by atomic mass is 32.1. The Bertz CT molecular complexity index is 342. The standard InChI is InChI=1S/C14H22OS/c1-11-8-13(2,3)5-6-14(11,15)9-12-4-7-16-10-12/h4,7,10-11,15H,5-6,8-9H2,1-3H3. The molecular formula is C14H22OS. The second-order valence-electron chi connectivity index (χ2n) is 6.18. The monoisotopic (exact) mass is 238 g/mol. The maximum atomic E-state index is 10.7. The quantitative estimate of drug-likeness (QED) is 0.829. The molecule has 0 spiro atoms. The largest absolute Gasteiger partial charge is 0.389 e. The second-order valence-corrected chi connectivity index (χ2v) is 6.96. The summed E-state index contributed by atoms with van der Waals surface area (Å²) in [4.78, 5) is 0. The minimum Gasteiger partial charge on any atom is -0.389 e. The molecule has 1 aromatic rings. The van der Waals surface area contributed by atoms with Crippen LogP contribution < -0.4 is 0 Å². The third-order valence-corrected chi connectivity index (χ3v) is 4.83. The topological polar surface area (TPSA) is 20.2 Å². The van der Waals surface area contributed by atoms with Gasteiger partial charge in [-0.2, -0.15) is 11.3 Å². The van der Waals surface area contributed by atoms with Gasteiger partial charge in [0.15, 0.2) is 0 Å². The molecule has 2 unspecified atom stereocenters. The minimum atomic E-state index is -0.476. The van der Waals surface area contributed by atoms with Crippen molar-refractivity contribution in [3.05, 3.63) is 22.4 Å². The van der Waals surface area contributed by atoms with Crippen LogP contribution in [-0.2, 0) is 6.42 Å². The van der Waals surface area contributed by atoms with Crippen molar-refractivity contribution >= 4 is 11.3 Å². The van der Waals surface area contributed by atoms with Crippen molar-refractivity contribution in [2.45, 2.75) is 52.1 Å². The van der Waals surface area contributed by atoms with Gasteiger partial charge in [0, 0.05) is 6.42 Å². The Hall–Kier alpha value is -0.340. The third kappa shape index (κ3) is 2.49. The van der Waals surface area contributed by atoms with Crippen molar-refractivity contribution in [3.63, 3.8) is 0 Å². The van der Waals surface area contributed by atoms with Gasteiger partial charge in [0.25, 0.3) is 0 Å². The lowest BCUT2D eigenvalue weighted by Gasteiger charge is -2.45. The number of aliphatic hydroxyl groups is 1. The van der Waals surface area contributed by atoms with E-state index < -0.39 is 5.60 Å². The van der Waals surface area contributed by atoms with E-state index in [4.69, 9.17) is 0 Å². The molecule has 1 fully saturated rings. The molecule has 0 bridgehead atoms. The summed E-state index contributed by atoms with van der Waals surface area (Å²) in [5, 5.41) is 15.0. The maximum absolute atomic E-state index is 10.7. The summed E-state index contributed by atoms with van der Waals surface area (Å²) in [5.41, 5.74) is 1.22. The van der Waals surface area contributed by atoms with Crippen molar-refractivity contribution in [2.75, 3.05) is 0 Å². The first-order valence-electron chi connectivity index (χ1n) is 6.15. The molecule has 1 aliphatic rings. The molecule has 2 atom stereocenters. The first-order chi connectivity index (χ1) is 7.41. The molecule has 0 radical (unpaired) electrons. The van der Waals surface area contributed by atoms with Crippen molar-refractivity contribution in [3.8, 4) is 0 Å². The van der Waals surface area contributed by atoms with E-state index in [1.54, 1.807) is 11.3 Å². The Morgan fingerprint density at radius 3 is 2.75 bits per heavy atom. The molecule has 2 rings (SSSR count). The maximum Gasteiger partial charge on any atom is 0.0714 e. The average molecular weight is 238 g/mol. The molecule has 16 heavy (non-hydrogen) atoms. The van der Waals surface area contributed by atoms with Gasteiger partial charge in [0.05, 0.1) is 5.60 Å². The summed E-state index contributed by atoms with van der Waals surface area (Å²) in [5.74, 6) is 0.399. The van der Waals surface area contributed by atoms with E-state index in [2.05, 4.69) is 37.6 Å². The molecule has 1 aromatic heterocycles. The predicted molar refractivity (Wildman–Crippen MR) is 69.8 cm³/mol. The molecular weight excluding hydrogens is 216 g/mol. The zero-order valence-corrected chi connectivity index (χ0v) is 11.3. The summed E-state index contributed by atoms with van der Waals surface area (Å²) in [6, 6.07) is 2.13. The van der Waals surface area contributed by atoms with E-state index in [1.807, 2.05) is 0 Å². The number of hydrogen-bond donors (Lipinski definition) is 1. The van der Waals surface area contributed by atoms with Gasteiger partial charge in [0.2, 0.25) is 0 Å². The van der Waals surface area contributed by atoms with E-state index in [0.29, 0.717) is 11.3 Å². The van der Waals surface area contributed by atoms with E-state index in [9.17, 15) is 5.11 Å². The summed E-state index contributed by atoms with van der Waals surface area (Å²) in [7, 11) is 0. The van der Waals surface area contributed by atoms with Crippen LogP contribution in [0.5, 0.6) is 0 Å². The van der Waals surface area contributed by atoms with Gasteiger partial charge in [-0.15, -0.1) is 0 Å². The van der Waals surface area contributed by atoms with Crippen LogP contribution in [0.15, 0.2) is 16.8 Å². The molecule has 1 aliphatic carbocycles. The number of thiophene rings is 1. The SMILES string of the molecule is CC1CC(C)(C)CCC1(O)Cc1ccsc1. The number of rotatable bonds is 2. The zero-order valence-electron chi connectivity index (χ0n) is 10.5. The molecule has 1 saturated carbocycles. The van der Waals surface area contributed by atoms with Crippen molar-refractivity contribution in [1.29, 1.82) is 0 Å². The Morgan fingerprint density at radius 1 is 1.44 bits per heavy atom. The highest BCUT2D eigenvalue weighted by Gasteiger charge is 2.42. The summed E-state index contributed by atoms with van der Waals surface area (Å²) >= 11 is 1.72. The van der Waals surface area contributed by atoms with Gasteiger partial charge in [-0.05, 0) is 53.0 Å². The van der Waals surface area contributed by atoms with Crippen LogP contribution >= 0.6 is 11.3 Å². The van der Waals surface area contributed by atoms with Gasteiger partial charge in [0.1, 0.15) is 0 Å². The van der Waals surface area contributed by atoms with Gasteiger partial charge in [-0.25, -0.2) is 0 Å². The molecule has 2 heteroatoms. The fourth-order valence-corrected chi connectivity index (χ4v) is 3.60. The molecule has 90 valence electrons. The van der Waals surface area contributed by atoms with Crippen LogP contribution in [0.1, 0.15) is 45.6 Å². The fourth-order valence-electron chi connectivity index (χ4n) is 2.93. The zero-order chi connectivity index (χ0) is 11.8. The first-order valence-corrected chi connectivity index (χ1v) is 7.09. The van der Waals surface area contributed by atoms with Crippen LogP contribution in [0, 0.1) is 11.3 Å². The molecule has 0 saturated heterocycles. The summed E-state index contributed by atoms with van der Waals surface area (Å²) < 4.78 is 0. The molecule has 1 N–H and O–H groups in total. The molecule has 0 amide bonds. The van der Waals surface area contributed by atoms with Gasteiger partial charge in [-0.3, -0.25) is 0 Å². The number of hydrogen-bond acceptors (Lipinski definition) is 2. The molecule has 0 aliphatic heterocycles. The van der Waals surface area contributed by atoms with Gasteiger partial charge >= 0.3 is 0 Å². The van der Waals surface area contributed by atoms with E-state index in [0.717, 1.165) is 25.7 Å². The van der Waals surface area contributed by atoms with Crippen LogP contribution in [0.4, 0.5) is 0 Å². The average Bonchev–Trinajstić information content (AvgIpc) is 2.65. The molecule has 1 heterocycles.